The molecule has 2 N–H and O–H groups in total. The molecule has 2 aliphatic carbocycles. The van der Waals surface area contributed by atoms with Gasteiger partial charge in [-0.1, -0.05) is 49.9 Å². The van der Waals surface area contributed by atoms with E-state index < -0.39 is 5.97 Å². The summed E-state index contributed by atoms with van der Waals surface area (Å²) in [5, 5.41) is 12.2. The van der Waals surface area contributed by atoms with Gasteiger partial charge in [0.25, 0.3) is 0 Å². The smallest absolute Gasteiger partial charge is 0.347 e. The number of aromatic nitrogens is 1. The van der Waals surface area contributed by atoms with Crippen molar-refractivity contribution in [2.45, 2.75) is 76.3 Å². The van der Waals surface area contributed by atoms with E-state index in [0.29, 0.717) is 17.2 Å². The van der Waals surface area contributed by atoms with Crippen LogP contribution in [0.3, 0.4) is 0 Å². The zero-order valence-corrected chi connectivity index (χ0v) is 14.7. The van der Waals surface area contributed by atoms with Crippen molar-refractivity contribution < 1.29 is 14.7 Å². The van der Waals surface area contributed by atoms with Gasteiger partial charge in [0, 0.05) is 12.1 Å². The highest BCUT2D eigenvalue weighted by Crippen LogP contribution is 2.31. The van der Waals surface area contributed by atoms with E-state index in [9.17, 15) is 9.59 Å². The number of thiazole rings is 1. The number of aromatic carboxylic acids is 1. The molecule has 1 aromatic rings. The summed E-state index contributed by atoms with van der Waals surface area (Å²) in [7, 11) is 0. The third-order valence-electron chi connectivity index (χ3n) is 5.10. The van der Waals surface area contributed by atoms with Crippen LogP contribution < -0.4 is 5.32 Å². The van der Waals surface area contributed by atoms with Gasteiger partial charge in [-0.3, -0.25) is 5.32 Å². The summed E-state index contributed by atoms with van der Waals surface area (Å²) in [6.45, 7) is 0. The number of nitrogens with zero attached hydrogens (tertiary/aromatic N) is 2. The molecule has 132 valence electrons. The lowest BCUT2D eigenvalue weighted by Gasteiger charge is -2.41. The molecule has 0 atom stereocenters. The van der Waals surface area contributed by atoms with Gasteiger partial charge in [-0.05, 0) is 25.7 Å². The van der Waals surface area contributed by atoms with Crippen LogP contribution in [0.15, 0.2) is 6.20 Å². The summed E-state index contributed by atoms with van der Waals surface area (Å²) in [5.41, 5.74) is 0. The predicted octanol–water partition coefficient (Wildman–Crippen LogP) is 4.34. The number of nitrogens with one attached hydrogen (secondary N) is 1. The minimum atomic E-state index is -1.01. The molecule has 6 nitrogen and oxygen atoms in total. The fourth-order valence-electron chi connectivity index (χ4n) is 3.94. The van der Waals surface area contributed by atoms with Crippen molar-refractivity contribution in [3.63, 3.8) is 0 Å². The molecule has 2 saturated carbocycles. The van der Waals surface area contributed by atoms with Gasteiger partial charge >= 0.3 is 12.0 Å². The van der Waals surface area contributed by atoms with Crippen LogP contribution in [0.4, 0.5) is 9.93 Å². The SMILES string of the molecule is O=C(O)c1cnc(NC(=O)N(C2CCCCC2)C2CCCCC2)s1. The lowest BCUT2D eigenvalue weighted by Crippen LogP contribution is -2.50. The van der Waals surface area contributed by atoms with Crippen molar-refractivity contribution in [3.05, 3.63) is 11.1 Å². The number of hydrogen-bond donors (Lipinski definition) is 2. The Hall–Kier alpha value is -1.63. The largest absolute Gasteiger partial charge is 0.477 e. The van der Waals surface area contributed by atoms with Crippen LogP contribution in [0.1, 0.15) is 73.9 Å². The molecule has 2 amide bonds. The number of amides is 2. The fraction of sp³-hybridized carbons (Fsp3) is 0.706. The number of carboxylic acids is 1. The van der Waals surface area contributed by atoms with Crippen molar-refractivity contribution in [2.24, 2.45) is 0 Å². The van der Waals surface area contributed by atoms with E-state index in [0.717, 1.165) is 37.0 Å². The Morgan fingerprint density at radius 1 is 1.04 bits per heavy atom. The number of carbonyl (C=O) groups is 2. The maximum absolute atomic E-state index is 12.9. The van der Waals surface area contributed by atoms with Crippen molar-refractivity contribution in [1.82, 2.24) is 9.88 Å². The molecule has 0 unspecified atom stereocenters. The van der Waals surface area contributed by atoms with Gasteiger partial charge in [-0.2, -0.15) is 0 Å². The lowest BCUT2D eigenvalue weighted by molar-refractivity contribution is 0.0702. The average molecular weight is 351 g/mol. The average Bonchev–Trinajstić information content (AvgIpc) is 3.06. The fourth-order valence-corrected chi connectivity index (χ4v) is 4.58. The van der Waals surface area contributed by atoms with E-state index in [1.807, 2.05) is 0 Å². The lowest BCUT2D eigenvalue weighted by atomic mass is 9.89. The normalized spacial score (nSPS) is 19.8. The summed E-state index contributed by atoms with van der Waals surface area (Å²) < 4.78 is 0. The van der Waals surface area contributed by atoms with Crippen molar-refractivity contribution >= 4 is 28.5 Å². The van der Waals surface area contributed by atoms with Crippen LogP contribution in [0.25, 0.3) is 0 Å². The molecule has 1 heterocycles. The van der Waals surface area contributed by atoms with Crippen LogP contribution in [0.5, 0.6) is 0 Å². The molecule has 0 saturated heterocycles. The Kier molecular flexibility index (Phi) is 5.71. The van der Waals surface area contributed by atoms with E-state index >= 15 is 0 Å². The molecular weight excluding hydrogens is 326 g/mol. The molecule has 2 aliphatic rings. The molecule has 0 spiro atoms. The van der Waals surface area contributed by atoms with Crippen molar-refractivity contribution in [2.75, 3.05) is 5.32 Å². The standard InChI is InChI=1S/C17H25N3O3S/c21-15(22)14-11-18-16(24-14)19-17(23)20(12-7-3-1-4-8-12)13-9-5-2-6-10-13/h11-13H,1-10H2,(H,21,22)(H,18,19,23). The van der Waals surface area contributed by atoms with E-state index in [4.69, 9.17) is 5.11 Å². The highest BCUT2D eigenvalue weighted by Gasteiger charge is 2.32. The molecular formula is C17H25N3O3S. The minimum Gasteiger partial charge on any atom is -0.477 e. The molecule has 0 bridgehead atoms. The second-order valence-corrected chi connectivity index (χ2v) is 7.79. The molecule has 2 fully saturated rings. The predicted molar refractivity (Wildman–Crippen MR) is 93.7 cm³/mol. The van der Waals surface area contributed by atoms with E-state index in [1.54, 1.807) is 0 Å². The van der Waals surface area contributed by atoms with Crippen LogP contribution in [0.2, 0.25) is 0 Å². The summed E-state index contributed by atoms with van der Waals surface area (Å²) in [6.07, 6.45) is 12.8. The maximum atomic E-state index is 12.9. The van der Waals surface area contributed by atoms with Crippen LogP contribution in [-0.4, -0.2) is 39.1 Å². The number of rotatable bonds is 4. The number of urea groups is 1. The Morgan fingerprint density at radius 3 is 2.04 bits per heavy atom. The first-order valence-corrected chi connectivity index (χ1v) is 9.75. The van der Waals surface area contributed by atoms with E-state index in [1.165, 1.54) is 44.7 Å². The number of carbonyl (C=O) groups excluding carboxylic acids is 1. The topological polar surface area (TPSA) is 82.5 Å². The zero-order valence-electron chi connectivity index (χ0n) is 13.9. The second kappa shape index (κ2) is 7.96. The molecule has 3 rings (SSSR count). The van der Waals surface area contributed by atoms with Crippen molar-refractivity contribution in [3.8, 4) is 0 Å². The number of hydrogen-bond acceptors (Lipinski definition) is 4. The first kappa shape index (κ1) is 17.2. The van der Waals surface area contributed by atoms with Gasteiger partial charge in [-0.15, -0.1) is 0 Å². The van der Waals surface area contributed by atoms with Gasteiger partial charge in [0.2, 0.25) is 0 Å². The second-order valence-electron chi connectivity index (χ2n) is 6.76. The van der Waals surface area contributed by atoms with Crippen molar-refractivity contribution in [1.29, 1.82) is 0 Å². The van der Waals surface area contributed by atoms with Gasteiger partial charge in [0.15, 0.2) is 5.13 Å². The molecule has 7 heteroatoms. The Labute approximate surface area is 146 Å². The Balaban J connectivity index is 1.72. The third-order valence-corrected chi connectivity index (χ3v) is 6.00. The van der Waals surface area contributed by atoms with Crippen LogP contribution >= 0.6 is 11.3 Å². The first-order chi connectivity index (χ1) is 11.6. The van der Waals surface area contributed by atoms with Crippen LogP contribution in [-0.2, 0) is 0 Å². The highest BCUT2D eigenvalue weighted by atomic mass is 32.1. The van der Waals surface area contributed by atoms with Crippen LogP contribution in [0, 0.1) is 0 Å². The van der Waals surface area contributed by atoms with E-state index in [-0.39, 0.29) is 10.9 Å². The monoisotopic (exact) mass is 351 g/mol. The zero-order chi connectivity index (χ0) is 16.9. The maximum Gasteiger partial charge on any atom is 0.347 e. The number of carboxylic acid groups (broad SMARTS) is 1. The Bertz CT molecular complexity index is 559. The van der Waals surface area contributed by atoms with Gasteiger partial charge in [0.1, 0.15) is 4.88 Å². The molecule has 0 aromatic carbocycles. The summed E-state index contributed by atoms with van der Waals surface area (Å²) in [4.78, 5) is 30.1. The molecule has 24 heavy (non-hydrogen) atoms. The van der Waals surface area contributed by atoms with Gasteiger partial charge in [-0.25, -0.2) is 14.6 Å². The molecule has 0 radical (unpaired) electrons. The minimum absolute atomic E-state index is 0.111. The van der Waals surface area contributed by atoms with Gasteiger partial charge < -0.3 is 10.0 Å². The summed E-state index contributed by atoms with van der Waals surface area (Å²) in [6, 6.07) is 0.501. The molecule has 1 aromatic heterocycles. The van der Waals surface area contributed by atoms with E-state index in [2.05, 4.69) is 15.2 Å². The number of anilines is 1. The third kappa shape index (κ3) is 4.06. The first-order valence-electron chi connectivity index (χ1n) is 8.93. The summed E-state index contributed by atoms with van der Waals surface area (Å²) >= 11 is 1.01. The highest BCUT2D eigenvalue weighted by molar-refractivity contribution is 7.17. The molecule has 0 aliphatic heterocycles. The Morgan fingerprint density at radius 2 is 1.58 bits per heavy atom. The summed E-state index contributed by atoms with van der Waals surface area (Å²) in [5.74, 6) is -1.01. The quantitative estimate of drug-likeness (QED) is 0.845. The van der Waals surface area contributed by atoms with Gasteiger partial charge in [0.05, 0.1) is 6.20 Å².